The van der Waals surface area contributed by atoms with Gasteiger partial charge in [-0.2, -0.15) is 13.2 Å². The first-order valence-electron chi connectivity index (χ1n) is 4.71. The van der Waals surface area contributed by atoms with Gasteiger partial charge in [0, 0.05) is 0 Å². The van der Waals surface area contributed by atoms with Crippen LogP contribution in [0, 0.1) is 11.8 Å². The van der Waals surface area contributed by atoms with Crippen molar-refractivity contribution in [1.82, 2.24) is 5.32 Å². The van der Waals surface area contributed by atoms with Gasteiger partial charge in [0.05, 0.1) is 0 Å². The Morgan fingerprint density at radius 2 is 1.92 bits per heavy atom. The molecule has 1 aliphatic rings. The zero-order chi connectivity index (χ0) is 10.1. The quantitative estimate of drug-likeness (QED) is 0.678. The number of alkyl halides is 3. The monoisotopic (exact) mass is 195 g/mol. The van der Waals surface area contributed by atoms with Crippen molar-refractivity contribution in [3.05, 3.63) is 0 Å². The van der Waals surface area contributed by atoms with E-state index < -0.39 is 12.2 Å². The third kappa shape index (κ3) is 2.86. The number of halogens is 3. The molecule has 1 N–H and O–H groups in total. The van der Waals surface area contributed by atoms with Gasteiger partial charge in [0.1, 0.15) is 6.04 Å². The van der Waals surface area contributed by atoms with E-state index in [4.69, 9.17) is 0 Å². The molecule has 1 rings (SSSR count). The Bertz CT molecular complexity index is 165. The molecular weight excluding hydrogens is 179 g/mol. The van der Waals surface area contributed by atoms with E-state index in [1.165, 1.54) is 0 Å². The molecule has 2 unspecified atom stereocenters. The van der Waals surface area contributed by atoms with Crippen LogP contribution in [0.15, 0.2) is 0 Å². The van der Waals surface area contributed by atoms with Crippen molar-refractivity contribution < 1.29 is 13.2 Å². The SMILES string of the molecule is CC(C)C1CCNC(C(F)(F)F)C1. The van der Waals surface area contributed by atoms with Crippen LogP contribution in [0.25, 0.3) is 0 Å². The lowest BCUT2D eigenvalue weighted by Crippen LogP contribution is -2.48. The summed E-state index contributed by atoms with van der Waals surface area (Å²) in [5, 5.41) is 2.52. The van der Waals surface area contributed by atoms with Crippen LogP contribution in [-0.4, -0.2) is 18.8 Å². The lowest BCUT2D eigenvalue weighted by Gasteiger charge is -2.33. The Balaban J connectivity index is 2.52. The molecule has 0 bridgehead atoms. The van der Waals surface area contributed by atoms with E-state index in [-0.39, 0.29) is 12.3 Å². The van der Waals surface area contributed by atoms with Gasteiger partial charge in [0.2, 0.25) is 0 Å². The van der Waals surface area contributed by atoms with Crippen LogP contribution in [0.4, 0.5) is 13.2 Å². The Hall–Kier alpha value is -0.250. The number of hydrogen-bond donors (Lipinski definition) is 1. The van der Waals surface area contributed by atoms with Crippen LogP contribution in [-0.2, 0) is 0 Å². The maximum atomic E-state index is 12.3. The molecule has 4 heteroatoms. The maximum absolute atomic E-state index is 12.3. The minimum atomic E-state index is -4.08. The predicted molar refractivity (Wildman–Crippen MR) is 45.4 cm³/mol. The van der Waals surface area contributed by atoms with Crippen LogP contribution in [0.5, 0.6) is 0 Å². The molecule has 1 saturated heterocycles. The average Bonchev–Trinajstić information content (AvgIpc) is 2.03. The second-order valence-corrected chi connectivity index (χ2v) is 4.08. The zero-order valence-electron chi connectivity index (χ0n) is 7.99. The molecule has 1 heterocycles. The van der Waals surface area contributed by atoms with Gasteiger partial charge in [-0.15, -0.1) is 0 Å². The van der Waals surface area contributed by atoms with Crippen molar-refractivity contribution in [1.29, 1.82) is 0 Å². The fourth-order valence-electron chi connectivity index (χ4n) is 1.80. The zero-order valence-corrected chi connectivity index (χ0v) is 7.99. The van der Waals surface area contributed by atoms with Crippen molar-refractivity contribution in [2.75, 3.05) is 6.54 Å². The minimum absolute atomic E-state index is 0.216. The van der Waals surface area contributed by atoms with Crippen molar-refractivity contribution >= 4 is 0 Å². The summed E-state index contributed by atoms with van der Waals surface area (Å²) < 4.78 is 36.9. The van der Waals surface area contributed by atoms with Crippen LogP contribution in [0.3, 0.4) is 0 Å². The first kappa shape index (κ1) is 10.8. The highest BCUT2D eigenvalue weighted by Gasteiger charge is 2.42. The smallest absolute Gasteiger partial charge is 0.306 e. The third-order valence-electron chi connectivity index (χ3n) is 2.78. The lowest BCUT2D eigenvalue weighted by atomic mass is 9.84. The number of rotatable bonds is 1. The molecule has 0 amide bonds. The van der Waals surface area contributed by atoms with E-state index in [0.29, 0.717) is 12.5 Å². The van der Waals surface area contributed by atoms with Gasteiger partial charge in [-0.1, -0.05) is 13.8 Å². The molecule has 0 spiro atoms. The molecule has 2 atom stereocenters. The van der Waals surface area contributed by atoms with Gasteiger partial charge in [0.25, 0.3) is 0 Å². The summed E-state index contributed by atoms with van der Waals surface area (Å²) in [6.07, 6.45) is -2.97. The van der Waals surface area contributed by atoms with Crippen molar-refractivity contribution in [2.24, 2.45) is 11.8 Å². The second-order valence-electron chi connectivity index (χ2n) is 4.08. The Morgan fingerprint density at radius 3 is 2.38 bits per heavy atom. The number of nitrogens with one attached hydrogen (secondary N) is 1. The largest absolute Gasteiger partial charge is 0.403 e. The van der Waals surface area contributed by atoms with Crippen molar-refractivity contribution in [3.8, 4) is 0 Å². The summed E-state index contributed by atoms with van der Waals surface area (Å²) in [6, 6.07) is -1.28. The number of hydrogen-bond acceptors (Lipinski definition) is 1. The summed E-state index contributed by atoms with van der Waals surface area (Å²) in [7, 11) is 0. The van der Waals surface area contributed by atoms with Crippen molar-refractivity contribution in [3.63, 3.8) is 0 Å². The minimum Gasteiger partial charge on any atom is -0.306 e. The molecule has 0 radical (unpaired) electrons. The molecule has 1 nitrogen and oxygen atoms in total. The molecule has 0 aliphatic carbocycles. The van der Waals surface area contributed by atoms with Crippen LogP contribution in [0.2, 0.25) is 0 Å². The topological polar surface area (TPSA) is 12.0 Å². The van der Waals surface area contributed by atoms with Gasteiger partial charge >= 0.3 is 6.18 Å². The third-order valence-corrected chi connectivity index (χ3v) is 2.78. The van der Waals surface area contributed by atoms with E-state index in [1.54, 1.807) is 0 Å². The fourth-order valence-corrected chi connectivity index (χ4v) is 1.80. The van der Waals surface area contributed by atoms with E-state index in [0.717, 1.165) is 6.42 Å². The standard InChI is InChI=1S/C9H16F3N/c1-6(2)7-3-4-13-8(5-7)9(10,11)12/h6-8,13H,3-5H2,1-2H3. The Kier molecular flexibility index (Phi) is 3.22. The van der Waals surface area contributed by atoms with Gasteiger partial charge in [0.15, 0.2) is 0 Å². The molecule has 0 aromatic rings. The summed E-state index contributed by atoms with van der Waals surface area (Å²) in [5.41, 5.74) is 0. The fraction of sp³-hybridized carbons (Fsp3) is 1.00. The van der Waals surface area contributed by atoms with Gasteiger partial charge in [-0.25, -0.2) is 0 Å². The van der Waals surface area contributed by atoms with Crippen LogP contribution < -0.4 is 5.32 Å². The maximum Gasteiger partial charge on any atom is 0.403 e. The first-order chi connectivity index (χ1) is 5.91. The van der Waals surface area contributed by atoms with Gasteiger partial charge in [-0.05, 0) is 31.2 Å². The van der Waals surface area contributed by atoms with Gasteiger partial charge < -0.3 is 5.32 Å². The Morgan fingerprint density at radius 1 is 1.31 bits per heavy atom. The average molecular weight is 195 g/mol. The van der Waals surface area contributed by atoms with E-state index >= 15 is 0 Å². The second kappa shape index (κ2) is 3.86. The summed E-state index contributed by atoms with van der Waals surface area (Å²) in [5.74, 6) is 0.569. The van der Waals surface area contributed by atoms with Crippen LogP contribution in [0.1, 0.15) is 26.7 Å². The highest BCUT2D eigenvalue weighted by Crippen LogP contribution is 2.32. The number of piperidine rings is 1. The Labute approximate surface area is 76.7 Å². The van der Waals surface area contributed by atoms with Crippen LogP contribution >= 0.6 is 0 Å². The van der Waals surface area contributed by atoms with Gasteiger partial charge in [-0.3, -0.25) is 0 Å². The molecule has 0 saturated carbocycles. The summed E-state index contributed by atoms with van der Waals surface area (Å²) in [4.78, 5) is 0. The van der Waals surface area contributed by atoms with E-state index in [2.05, 4.69) is 5.32 Å². The highest BCUT2D eigenvalue weighted by molar-refractivity contribution is 4.84. The normalized spacial score (nSPS) is 30.9. The molecular formula is C9H16F3N. The lowest BCUT2D eigenvalue weighted by molar-refractivity contribution is -0.164. The molecule has 0 aromatic heterocycles. The van der Waals surface area contributed by atoms with E-state index in [1.807, 2.05) is 13.8 Å². The molecule has 78 valence electrons. The molecule has 1 fully saturated rings. The first-order valence-corrected chi connectivity index (χ1v) is 4.71. The predicted octanol–water partition coefficient (Wildman–Crippen LogP) is 2.57. The summed E-state index contributed by atoms with van der Waals surface area (Å²) in [6.45, 7) is 4.47. The summed E-state index contributed by atoms with van der Waals surface area (Å²) >= 11 is 0. The molecule has 0 aromatic carbocycles. The highest BCUT2D eigenvalue weighted by atomic mass is 19.4. The van der Waals surface area contributed by atoms with Crippen molar-refractivity contribution in [2.45, 2.75) is 38.9 Å². The molecule has 13 heavy (non-hydrogen) atoms. The molecule has 1 aliphatic heterocycles. The van der Waals surface area contributed by atoms with E-state index in [9.17, 15) is 13.2 Å².